The smallest absolute Gasteiger partial charge is 0.243 e. The van der Waals surface area contributed by atoms with Crippen LogP contribution in [0.1, 0.15) is 51.4 Å². The number of nitrogens with zero attached hydrogens (tertiary/aromatic N) is 1. The molecule has 0 aromatic heterocycles. The van der Waals surface area contributed by atoms with E-state index < -0.39 is 6.04 Å². The van der Waals surface area contributed by atoms with E-state index in [1.807, 2.05) is 0 Å². The maximum Gasteiger partial charge on any atom is 0.243 e. The Morgan fingerprint density at radius 1 is 1.12 bits per heavy atom. The van der Waals surface area contributed by atoms with E-state index in [9.17, 15) is 9.59 Å². The van der Waals surface area contributed by atoms with Crippen LogP contribution in [0.15, 0.2) is 24.3 Å². The maximum atomic E-state index is 12.6. The van der Waals surface area contributed by atoms with Gasteiger partial charge in [0.1, 0.15) is 6.04 Å². The topological polar surface area (TPSA) is 49.4 Å². The SMILES string of the molecule is O=C(NCCC1CCCCC1)C1CCC(=O)N1c1ccc(Cl)cc1. The number of anilines is 1. The van der Waals surface area contributed by atoms with Crippen LogP contribution in [0.4, 0.5) is 5.69 Å². The molecular formula is C19H25ClN2O2. The Hall–Kier alpha value is -1.55. The maximum absolute atomic E-state index is 12.6. The Balaban J connectivity index is 1.56. The summed E-state index contributed by atoms with van der Waals surface area (Å²) in [6.07, 6.45) is 8.61. The van der Waals surface area contributed by atoms with Crippen molar-refractivity contribution in [2.24, 2.45) is 5.92 Å². The summed E-state index contributed by atoms with van der Waals surface area (Å²) < 4.78 is 0. The number of rotatable bonds is 5. The van der Waals surface area contributed by atoms with Crippen molar-refractivity contribution >= 4 is 29.1 Å². The first-order valence-corrected chi connectivity index (χ1v) is 9.38. The number of carbonyl (C=O) groups is 2. The normalized spacial score (nSPS) is 22.0. The van der Waals surface area contributed by atoms with Gasteiger partial charge in [0.05, 0.1) is 0 Å². The van der Waals surface area contributed by atoms with Crippen LogP contribution >= 0.6 is 11.6 Å². The molecule has 0 spiro atoms. The van der Waals surface area contributed by atoms with Gasteiger partial charge in [0.25, 0.3) is 0 Å². The van der Waals surface area contributed by atoms with Crippen molar-refractivity contribution in [3.63, 3.8) is 0 Å². The molecule has 3 rings (SSSR count). The minimum Gasteiger partial charge on any atom is -0.354 e. The fourth-order valence-corrected chi connectivity index (χ4v) is 3.98. The first-order valence-electron chi connectivity index (χ1n) is 9.00. The van der Waals surface area contributed by atoms with Crippen molar-refractivity contribution in [2.45, 2.75) is 57.4 Å². The Morgan fingerprint density at radius 3 is 2.54 bits per heavy atom. The third-order valence-electron chi connectivity index (χ3n) is 5.20. The minimum absolute atomic E-state index is 0.00440. The van der Waals surface area contributed by atoms with Crippen LogP contribution < -0.4 is 10.2 Å². The van der Waals surface area contributed by atoms with Crippen LogP contribution in [0, 0.1) is 5.92 Å². The van der Waals surface area contributed by atoms with Crippen LogP contribution in [0.25, 0.3) is 0 Å². The van der Waals surface area contributed by atoms with Gasteiger partial charge in [-0.1, -0.05) is 43.7 Å². The second kappa shape index (κ2) is 8.02. The van der Waals surface area contributed by atoms with Crippen LogP contribution in [0.3, 0.4) is 0 Å². The largest absolute Gasteiger partial charge is 0.354 e. The molecule has 5 heteroatoms. The highest BCUT2D eigenvalue weighted by Gasteiger charge is 2.36. The molecule has 2 aliphatic rings. The summed E-state index contributed by atoms with van der Waals surface area (Å²) in [6.45, 7) is 0.711. The Labute approximate surface area is 148 Å². The van der Waals surface area contributed by atoms with Crippen molar-refractivity contribution in [3.8, 4) is 0 Å². The van der Waals surface area contributed by atoms with E-state index in [1.54, 1.807) is 29.2 Å². The zero-order valence-electron chi connectivity index (χ0n) is 14.0. The molecule has 1 saturated heterocycles. The fourth-order valence-electron chi connectivity index (χ4n) is 3.85. The van der Waals surface area contributed by atoms with Crippen LogP contribution in [0.2, 0.25) is 5.02 Å². The van der Waals surface area contributed by atoms with Gasteiger partial charge in [-0.3, -0.25) is 14.5 Å². The molecule has 2 fully saturated rings. The van der Waals surface area contributed by atoms with Crippen molar-refractivity contribution in [1.29, 1.82) is 0 Å². The lowest BCUT2D eigenvalue weighted by atomic mass is 9.87. The lowest BCUT2D eigenvalue weighted by Crippen LogP contribution is -2.45. The molecule has 1 atom stereocenters. The summed E-state index contributed by atoms with van der Waals surface area (Å²) in [5, 5.41) is 3.67. The van der Waals surface area contributed by atoms with Gasteiger partial charge in [-0.05, 0) is 43.0 Å². The van der Waals surface area contributed by atoms with Gasteiger partial charge in [0.15, 0.2) is 0 Å². The summed E-state index contributed by atoms with van der Waals surface area (Å²) in [5.74, 6) is 0.716. The number of amides is 2. The first-order chi connectivity index (χ1) is 11.6. The van der Waals surface area contributed by atoms with Crippen molar-refractivity contribution in [3.05, 3.63) is 29.3 Å². The number of hydrogen-bond acceptors (Lipinski definition) is 2. The zero-order chi connectivity index (χ0) is 16.9. The lowest BCUT2D eigenvalue weighted by Gasteiger charge is -2.25. The molecule has 2 amide bonds. The Kier molecular flexibility index (Phi) is 5.77. The predicted molar refractivity (Wildman–Crippen MR) is 96.2 cm³/mol. The molecule has 1 N–H and O–H groups in total. The molecule has 1 heterocycles. The van der Waals surface area contributed by atoms with E-state index >= 15 is 0 Å². The highest BCUT2D eigenvalue weighted by Crippen LogP contribution is 2.28. The van der Waals surface area contributed by atoms with Crippen LogP contribution in [-0.4, -0.2) is 24.4 Å². The van der Waals surface area contributed by atoms with Gasteiger partial charge in [-0.15, -0.1) is 0 Å². The molecule has 4 nitrogen and oxygen atoms in total. The molecular weight excluding hydrogens is 324 g/mol. The number of hydrogen-bond donors (Lipinski definition) is 1. The van der Waals surface area contributed by atoms with E-state index in [4.69, 9.17) is 11.6 Å². The van der Waals surface area contributed by atoms with Gasteiger partial charge in [-0.25, -0.2) is 0 Å². The fraction of sp³-hybridized carbons (Fsp3) is 0.579. The summed E-state index contributed by atoms with van der Waals surface area (Å²) >= 11 is 5.91. The Bertz CT molecular complexity index is 582. The lowest BCUT2D eigenvalue weighted by molar-refractivity contribution is -0.124. The molecule has 1 aromatic rings. The van der Waals surface area contributed by atoms with Gasteiger partial charge in [0, 0.05) is 23.7 Å². The highest BCUT2D eigenvalue weighted by molar-refractivity contribution is 6.30. The van der Waals surface area contributed by atoms with E-state index in [0.717, 1.165) is 18.0 Å². The number of carbonyl (C=O) groups excluding carboxylic acids is 2. The van der Waals surface area contributed by atoms with Crippen LogP contribution in [0.5, 0.6) is 0 Å². The zero-order valence-corrected chi connectivity index (χ0v) is 14.7. The Morgan fingerprint density at radius 2 is 1.83 bits per heavy atom. The minimum atomic E-state index is -0.398. The quantitative estimate of drug-likeness (QED) is 0.876. The first kappa shape index (κ1) is 17.3. The van der Waals surface area contributed by atoms with Gasteiger partial charge < -0.3 is 5.32 Å². The molecule has 0 radical (unpaired) electrons. The van der Waals surface area contributed by atoms with E-state index in [2.05, 4.69) is 5.32 Å². The van der Waals surface area contributed by atoms with Crippen molar-refractivity contribution < 1.29 is 9.59 Å². The van der Waals surface area contributed by atoms with E-state index in [0.29, 0.717) is 24.4 Å². The van der Waals surface area contributed by atoms with Crippen LogP contribution in [-0.2, 0) is 9.59 Å². The third kappa shape index (κ3) is 4.10. The molecule has 1 saturated carbocycles. The predicted octanol–water partition coefficient (Wildman–Crippen LogP) is 3.92. The second-order valence-corrected chi connectivity index (χ2v) is 7.31. The molecule has 1 aliphatic heterocycles. The molecule has 1 aromatic carbocycles. The van der Waals surface area contributed by atoms with Gasteiger partial charge >= 0.3 is 0 Å². The summed E-state index contributed by atoms with van der Waals surface area (Å²) in [4.78, 5) is 26.4. The summed E-state index contributed by atoms with van der Waals surface area (Å²) in [7, 11) is 0. The van der Waals surface area contributed by atoms with Crippen molar-refractivity contribution in [2.75, 3.05) is 11.4 Å². The van der Waals surface area contributed by atoms with Gasteiger partial charge in [0.2, 0.25) is 11.8 Å². The third-order valence-corrected chi connectivity index (χ3v) is 5.45. The molecule has 0 bridgehead atoms. The number of nitrogens with one attached hydrogen (secondary N) is 1. The number of benzene rings is 1. The van der Waals surface area contributed by atoms with Crippen molar-refractivity contribution in [1.82, 2.24) is 5.32 Å². The van der Waals surface area contributed by atoms with Gasteiger partial charge in [-0.2, -0.15) is 0 Å². The van der Waals surface area contributed by atoms with E-state index in [-0.39, 0.29) is 11.8 Å². The summed E-state index contributed by atoms with van der Waals surface area (Å²) in [6, 6.07) is 6.70. The van der Waals surface area contributed by atoms with E-state index in [1.165, 1.54) is 32.1 Å². The second-order valence-electron chi connectivity index (χ2n) is 6.88. The number of halogens is 1. The average molecular weight is 349 g/mol. The summed E-state index contributed by atoms with van der Waals surface area (Å²) in [5.41, 5.74) is 0.745. The molecule has 130 valence electrons. The highest BCUT2D eigenvalue weighted by atomic mass is 35.5. The average Bonchev–Trinajstić information content (AvgIpc) is 2.98. The molecule has 1 unspecified atom stereocenters. The standard InChI is InChI=1S/C19H25ClN2O2/c20-15-6-8-16(9-7-15)22-17(10-11-18(22)23)19(24)21-13-12-14-4-2-1-3-5-14/h6-9,14,17H,1-5,10-13H2,(H,21,24). The molecule has 24 heavy (non-hydrogen) atoms. The molecule has 1 aliphatic carbocycles. The monoisotopic (exact) mass is 348 g/mol.